The molecule has 0 aliphatic heterocycles. The molecule has 13 aromatic rings. The number of aromatic nitrogens is 3. The van der Waals surface area contributed by atoms with Gasteiger partial charge in [0.2, 0.25) is 0 Å². The Morgan fingerprint density at radius 1 is 0.493 bits per heavy atom. The summed E-state index contributed by atoms with van der Waals surface area (Å²) in [5.41, 5.74) is 15.6. The summed E-state index contributed by atoms with van der Waals surface area (Å²) in [4.78, 5) is 20.3. The molecule has 0 amide bonds. The van der Waals surface area contributed by atoms with Crippen molar-refractivity contribution in [1.82, 2.24) is 13.7 Å². The highest BCUT2D eigenvalue weighted by atomic mass is 79.9. The Morgan fingerprint density at radius 2 is 1.05 bits per heavy atom. The molecule has 0 radical (unpaired) electrons. The number of hydrogen-bond donors (Lipinski definition) is 1. The van der Waals surface area contributed by atoms with Crippen LogP contribution >= 0.6 is 15.9 Å². The van der Waals surface area contributed by atoms with Gasteiger partial charge in [0.25, 0.3) is 5.69 Å². The van der Waals surface area contributed by atoms with Crippen molar-refractivity contribution in [2.45, 2.75) is 6.42 Å². The van der Waals surface area contributed by atoms with Crippen molar-refractivity contribution in [3.8, 4) is 45.1 Å². The summed E-state index contributed by atoms with van der Waals surface area (Å²) in [5.74, 6) is 5.72. The monoisotopic (exact) mass is 1040 g/mol. The Morgan fingerprint density at radius 3 is 1.75 bits per heavy atom. The SMILES string of the molecule is Brc1ccc2c(c1)c1ccccc1n2-c1ccccc1.NOOc1ccccc1-c1ccc2c(ccn2-c2ccc3c(c2)c2ccccc2n3-c2ccccc2)c1.O=[N+]([O-])c1ccccc1-c1ccc2c(c1)CC=C2. The van der Waals surface area contributed by atoms with Gasteiger partial charge in [-0.2, -0.15) is 5.90 Å². The number of nitrogens with two attached hydrogens (primary N) is 1. The standard InChI is InChI=1S/C32H23N3O2.C18H12BrN.C15H11NO2/c33-37-36-32-13-7-5-10-26(32)22-14-16-29-23(20-22)18-19-34(29)25-15-17-31-28(21-25)27-11-4-6-12-30(27)35(31)24-8-2-1-3-9-24;19-13-10-11-18-16(12-13)15-8-4-5-9-17(15)20(18)14-6-2-1-3-7-14;17-16(18)15-7-2-1-6-14(15)13-9-8-11-4-3-5-12(11)10-13/h1-21H,33H2;1-12H;1-4,6-10H,5H2. The summed E-state index contributed by atoms with van der Waals surface area (Å²) in [6.45, 7) is 0. The van der Waals surface area contributed by atoms with Gasteiger partial charge in [0.15, 0.2) is 5.75 Å². The van der Waals surface area contributed by atoms with E-state index in [4.69, 9.17) is 10.8 Å². The lowest BCUT2D eigenvalue weighted by Crippen LogP contribution is -2.04. The summed E-state index contributed by atoms with van der Waals surface area (Å²) >= 11 is 3.57. The van der Waals surface area contributed by atoms with E-state index in [1.165, 1.54) is 60.4 Å². The van der Waals surface area contributed by atoms with E-state index in [-0.39, 0.29) is 10.6 Å². The molecule has 0 saturated carbocycles. The quantitative estimate of drug-likeness (QED) is 0.0928. The zero-order chi connectivity index (χ0) is 50.8. The predicted molar refractivity (Wildman–Crippen MR) is 309 cm³/mol. The van der Waals surface area contributed by atoms with Crippen LogP contribution in [0.15, 0.2) is 253 Å². The van der Waals surface area contributed by atoms with Crippen molar-refractivity contribution in [3.63, 3.8) is 0 Å². The third kappa shape index (κ3) is 8.93. The smallest absolute Gasteiger partial charge is 0.277 e. The normalized spacial score (nSPS) is 11.7. The van der Waals surface area contributed by atoms with Crippen LogP contribution in [0.2, 0.25) is 0 Å². The van der Waals surface area contributed by atoms with Crippen molar-refractivity contribution < 1.29 is 14.8 Å². The van der Waals surface area contributed by atoms with Gasteiger partial charge in [-0.3, -0.25) is 10.1 Å². The second kappa shape index (κ2) is 20.3. The van der Waals surface area contributed by atoms with E-state index in [0.717, 1.165) is 49.9 Å². The summed E-state index contributed by atoms with van der Waals surface area (Å²) in [5, 5.41) is 17.2. The number of fused-ring (bicyclic) bond motifs is 8. The highest BCUT2D eigenvalue weighted by molar-refractivity contribution is 9.10. The van der Waals surface area contributed by atoms with Crippen LogP contribution in [0, 0.1) is 10.1 Å². The van der Waals surface area contributed by atoms with Crippen LogP contribution in [-0.2, 0) is 11.4 Å². The molecule has 0 spiro atoms. The Labute approximate surface area is 440 Å². The zero-order valence-corrected chi connectivity index (χ0v) is 41.9. The maximum Gasteiger partial charge on any atom is 0.277 e. The predicted octanol–water partition coefficient (Wildman–Crippen LogP) is 17.0. The second-order valence-corrected chi connectivity index (χ2v) is 19.1. The first kappa shape index (κ1) is 46.7. The zero-order valence-electron chi connectivity index (χ0n) is 40.3. The molecule has 362 valence electrons. The van der Waals surface area contributed by atoms with Gasteiger partial charge in [0, 0.05) is 66.3 Å². The Hall–Kier alpha value is -9.32. The first-order valence-corrected chi connectivity index (χ1v) is 25.3. The minimum absolute atomic E-state index is 0.156. The van der Waals surface area contributed by atoms with Gasteiger partial charge in [0.05, 0.1) is 38.1 Å². The van der Waals surface area contributed by atoms with Crippen LogP contribution in [0.3, 0.4) is 0 Å². The molecule has 0 saturated heterocycles. The summed E-state index contributed by atoms with van der Waals surface area (Å²) in [7, 11) is 0. The molecule has 10 aromatic carbocycles. The molecule has 0 bridgehead atoms. The van der Waals surface area contributed by atoms with Gasteiger partial charge in [-0.1, -0.05) is 154 Å². The fraction of sp³-hybridized carbons (Fsp3) is 0.0154. The number of para-hydroxylation sites is 6. The molecule has 3 heterocycles. The van der Waals surface area contributed by atoms with Gasteiger partial charge >= 0.3 is 0 Å². The van der Waals surface area contributed by atoms with Gasteiger partial charge in [-0.05, 0) is 138 Å². The lowest BCUT2D eigenvalue weighted by atomic mass is 9.99. The van der Waals surface area contributed by atoms with Crippen molar-refractivity contribution in [1.29, 1.82) is 0 Å². The third-order valence-corrected chi connectivity index (χ3v) is 14.3. The third-order valence-electron chi connectivity index (χ3n) is 13.8. The van der Waals surface area contributed by atoms with Crippen LogP contribution in [0.25, 0.3) is 99.9 Å². The molecule has 14 rings (SSSR count). The van der Waals surface area contributed by atoms with Crippen molar-refractivity contribution >= 4 is 82.2 Å². The molecule has 75 heavy (non-hydrogen) atoms. The van der Waals surface area contributed by atoms with E-state index in [1.807, 2.05) is 54.6 Å². The Kier molecular flexibility index (Phi) is 12.6. The molecule has 3 aromatic heterocycles. The van der Waals surface area contributed by atoms with Crippen molar-refractivity contribution in [3.05, 3.63) is 275 Å². The van der Waals surface area contributed by atoms with E-state index in [9.17, 15) is 10.1 Å². The highest BCUT2D eigenvalue weighted by Gasteiger charge is 2.18. The Balaban J connectivity index is 0.000000126. The molecule has 0 atom stereocenters. The lowest BCUT2D eigenvalue weighted by Gasteiger charge is -2.10. The van der Waals surface area contributed by atoms with Crippen LogP contribution < -0.4 is 10.8 Å². The minimum atomic E-state index is -0.333. The van der Waals surface area contributed by atoms with E-state index in [2.05, 4.69) is 217 Å². The summed E-state index contributed by atoms with van der Waals surface area (Å²) < 4.78 is 8.00. The molecular weight excluding hydrogens is 995 g/mol. The maximum atomic E-state index is 11.0. The average Bonchev–Trinajstić information content (AvgIpc) is 4.30. The molecule has 10 heteroatoms. The summed E-state index contributed by atoms with van der Waals surface area (Å²) in [6.07, 6.45) is 7.22. The fourth-order valence-corrected chi connectivity index (χ4v) is 10.8. The van der Waals surface area contributed by atoms with E-state index in [1.54, 1.807) is 18.2 Å². The maximum absolute atomic E-state index is 11.0. The molecule has 1 aliphatic rings. The number of allylic oxidation sites excluding steroid dienone is 1. The Bertz CT molecular complexity index is 4290. The number of rotatable bonds is 8. The molecule has 0 fully saturated rings. The molecule has 2 N–H and O–H groups in total. The summed E-state index contributed by atoms with van der Waals surface area (Å²) in [6, 6.07) is 80.4. The minimum Gasteiger partial charge on any atom is -0.319 e. The van der Waals surface area contributed by atoms with Crippen LogP contribution in [-0.4, -0.2) is 18.6 Å². The highest BCUT2D eigenvalue weighted by Crippen LogP contribution is 2.38. The van der Waals surface area contributed by atoms with Crippen LogP contribution in [0.5, 0.6) is 5.75 Å². The number of nitro benzene ring substituents is 1. The number of nitrogens with zero attached hydrogens (tertiary/aromatic N) is 4. The van der Waals surface area contributed by atoms with E-state index >= 15 is 0 Å². The average molecular weight is 1040 g/mol. The largest absolute Gasteiger partial charge is 0.319 e. The lowest BCUT2D eigenvalue weighted by molar-refractivity contribution is -0.384. The van der Waals surface area contributed by atoms with Gasteiger partial charge < -0.3 is 18.6 Å². The number of hydrogen-bond acceptors (Lipinski definition) is 5. The van der Waals surface area contributed by atoms with Crippen molar-refractivity contribution in [2.24, 2.45) is 5.90 Å². The first-order chi connectivity index (χ1) is 36.9. The van der Waals surface area contributed by atoms with Crippen LogP contribution in [0.1, 0.15) is 11.1 Å². The van der Waals surface area contributed by atoms with Crippen LogP contribution in [0.4, 0.5) is 5.69 Å². The van der Waals surface area contributed by atoms with E-state index in [0.29, 0.717) is 11.3 Å². The molecular formula is C65H46BrN5O4. The van der Waals surface area contributed by atoms with Crippen molar-refractivity contribution in [2.75, 3.05) is 0 Å². The van der Waals surface area contributed by atoms with E-state index < -0.39 is 0 Å². The van der Waals surface area contributed by atoms with Gasteiger partial charge in [0.1, 0.15) is 0 Å². The number of halogens is 1. The molecule has 0 unspecified atom stereocenters. The number of benzene rings is 10. The topological polar surface area (TPSA) is 102 Å². The van der Waals surface area contributed by atoms with Gasteiger partial charge in [-0.15, -0.1) is 0 Å². The fourth-order valence-electron chi connectivity index (χ4n) is 10.4. The first-order valence-electron chi connectivity index (χ1n) is 24.5. The van der Waals surface area contributed by atoms with Gasteiger partial charge in [-0.25, -0.2) is 0 Å². The number of nitro groups is 1. The second-order valence-electron chi connectivity index (χ2n) is 18.2. The molecule has 9 nitrogen and oxygen atoms in total. The molecule has 1 aliphatic carbocycles.